The van der Waals surface area contributed by atoms with Gasteiger partial charge in [0, 0.05) is 38.9 Å². The number of hydrogen-bond donors (Lipinski definition) is 0. The number of pyridine rings is 1. The van der Waals surface area contributed by atoms with Gasteiger partial charge < -0.3 is 9.64 Å². The molecule has 4 rings (SSSR count). The van der Waals surface area contributed by atoms with Gasteiger partial charge in [0.2, 0.25) is 0 Å². The molecule has 0 radical (unpaired) electrons. The zero-order valence-corrected chi connectivity index (χ0v) is 14.8. The monoisotopic (exact) mass is 339 g/mol. The van der Waals surface area contributed by atoms with Crippen LogP contribution in [0.5, 0.6) is 0 Å². The molecule has 6 heteroatoms. The predicted molar refractivity (Wildman–Crippen MR) is 96.4 cm³/mol. The lowest BCUT2D eigenvalue weighted by Crippen LogP contribution is -2.59. The zero-order chi connectivity index (χ0) is 17.1. The molecule has 0 aromatic carbocycles. The highest BCUT2D eigenvalue weighted by atomic mass is 16.5. The van der Waals surface area contributed by atoms with E-state index < -0.39 is 0 Å². The highest BCUT2D eigenvalue weighted by Crippen LogP contribution is 2.31. The summed E-state index contributed by atoms with van der Waals surface area (Å²) in [6, 6.07) is 10.2. The van der Waals surface area contributed by atoms with E-state index in [-0.39, 0.29) is 5.60 Å². The second-order valence-electron chi connectivity index (χ2n) is 7.12. The number of piperidine rings is 1. The van der Waals surface area contributed by atoms with Crippen molar-refractivity contribution in [2.45, 2.75) is 31.9 Å². The molecule has 6 nitrogen and oxygen atoms in total. The standard InChI is InChI=1S/C19H25N5O/c1-16-6-7-18(22-21-16)24-10-4-8-19(15-24)14-23(11-12-25-19)13-17-5-2-3-9-20-17/h2-3,5-7,9H,4,8,10-15H2,1H3/t19-/m0/s1. The van der Waals surface area contributed by atoms with Crippen molar-refractivity contribution in [2.24, 2.45) is 0 Å². The van der Waals surface area contributed by atoms with E-state index in [0.717, 1.165) is 69.4 Å². The second-order valence-corrected chi connectivity index (χ2v) is 7.12. The van der Waals surface area contributed by atoms with Crippen LogP contribution in [0.25, 0.3) is 0 Å². The summed E-state index contributed by atoms with van der Waals surface area (Å²) in [6.45, 7) is 7.43. The van der Waals surface area contributed by atoms with Crippen LogP contribution in [0.4, 0.5) is 5.82 Å². The van der Waals surface area contributed by atoms with Crippen molar-refractivity contribution >= 4 is 5.82 Å². The Balaban J connectivity index is 1.45. The maximum atomic E-state index is 6.30. The summed E-state index contributed by atoms with van der Waals surface area (Å²) in [7, 11) is 0. The number of rotatable bonds is 3. The Bertz CT molecular complexity index is 689. The first-order valence-electron chi connectivity index (χ1n) is 9.04. The molecule has 0 saturated carbocycles. The predicted octanol–water partition coefficient (Wildman–Crippen LogP) is 2.05. The Hall–Kier alpha value is -2.05. The number of aromatic nitrogens is 3. The Kier molecular flexibility index (Phi) is 4.63. The van der Waals surface area contributed by atoms with Crippen molar-refractivity contribution in [2.75, 3.05) is 37.7 Å². The molecule has 2 saturated heterocycles. The number of ether oxygens (including phenoxy) is 1. The van der Waals surface area contributed by atoms with Gasteiger partial charge >= 0.3 is 0 Å². The van der Waals surface area contributed by atoms with Crippen molar-refractivity contribution in [3.05, 3.63) is 47.9 Å². The van der Waals surface area contributed by atoms with Crippen molar-refractivity contribution in [3.63, 3.8) is 0 Å². The summed E-state index contributed by atoms with van der Waals surface area (Å²) in [5.74, 6) is 0.954. The maximum Gasteiger partial charge on any atom is 0.151 e. The van der Waals surface area contributed by atoms with Gasteiger partial charge in [-0.1, -0.05) is 6.07 Å². The lowest BCUT2D eigenvalue weighted by atomic mass is 9.90. The fraction of sp³-hybridized carbons (Fsp3) is 0.526. The number of aryl methyl sites for hydroxylation is 1. The molecule has 2 aromatic rings. The Morgan fingerprint density at radius 3 is 2.88 bits per heavy atom. The van der Waals surface area contributed by atoms with Crippen LogP contribution < -0.4 is 4.90 Å². The third-order valence-electron chi connectivity index (χ3n) is 5.09. The van der Waals surface area contributed by atoms with E-state index in [1.165, 1.54) is 0 Å². The largest absolute Gasteiger partial charge is 0.370 e. The molecule has 132 valence electrons. The third kappa shape index (κ3) is 3.80. The quantitative estimate of drug-likeness (QED) is 0.853. The molecule has 1 spiro atoms. The van der Waals surface area contributed by atoms with E-state index >= 15 is 0 Å². The van der Waals surface area contributed by atoms with Gasteiger partial charge in [0.1, 0.15) is 0 Å². The minimum absolute atomic E-state index is 0.113. The number of morpholine rings is 1. The van der Waals surface area contributed by atoms with Gasteiger partial charge in [-0.2, -0.15) is 5.10 Å². The van der Waals surface area contributed by atoms with Crippen molar-refractivity contribution in [1.82, 2.24) is 20.1 Å². The van der Waals surface area contributed by atoms with E-state index in [1.54, 1.807) is 0 Å². The van der Waals surface area contributed by atoms with E-state index in [4.69, 9.17) is 4.74 Å². The summed E-state index contributed by atoms with van der Waals surface area (Å²) in [4.78, 5) is 9.25. The van der Waals surface area contributed by atoms with E-state index in [0.29, 0.717) is 0 Å². The number of hydrogen-bond acceptors (Lipinski definition) is 6. The number of nitrogens with zero attached hydrogens (tertiary/aromatic N) is 5. The minimum Gasteiger partial charge on any atom is -0.370 e. The average Bonchev–Trinajstić information content (AvgIpc) is 2.63. The molecular weight excluding hydrogens is 314 g/mol. The maximum absolute atomic E-state index is 6.30. The first-order chi connectivity index (χ1) is 12.2. The number of anilines is 1. The second kappa shape index (κ2) is 7.06. The van der Waals surface area contributed by atoms with Gasteiger partial charge in [0.25, 0.3) is 0 Å². The molecule has 2 aliphatic heterocycles. The van der Waals surface area contributed by atoms with Crippen molar-refractivity contribution in [1.29, 1.82) is 0 Å². The van der Waals surface area contributed by atoms with Crippen LogP contribution >= 0.6 is 0 Å². The molecule has 2 aliphatic rings. The summed E-state index contributed by atoms with van der Waals surface area (Å²) < 4.78 is 6.30. The van der Waals surface area contributed by atoms with Crippen molar-refractivity contribution < 1.29 is 4.74 Å². The van der Waals surface area contributed by atoms with Crippen LogP contribution in [0.15, 0.2) is 36.5 Å². The normalized spacial score (nSPS) is 24.6. The van der Waals surface area contributed by atoms with E-state index in [1.807, 2.05) is 25.3 Å². The molecule has 0 bridgehead atoms. The molecule has 1 atom stereocenters. The lowest BCUT2D eigenvalue weighted by Gasteiger charge is -2.48. The zero-order valence-electron chi connectivity index (χ0n) is 14.8. The SMILES string of the molecule is Cc1ccc(N2CCC[C@]3(CN(Cc4ccccn4)CCO3)C2)nn1. The van der Waals surface area contributed by atoms with Gasteiger partial charge in [0.05, 0.1) is 23.6 Å². The molecular formula is C19H25N5O. The van der Waals surface area contributed by atoms with E-state index in [2.05, 4.69) is 43.2 Å². The third-order valence-corrected chi connectivity index (χ3v) is 5.09. The molecule has 0 aliphatic carbocycles. The van der Waals surface area contributed by atoms with Crippen LogP contribution in [0, 0.1) is 6.92 Å². The van der Waals surface area contributed by atoms with Crippen LogP contribution in [0.3, 0.4) is 0 Å². The van der Waals surface area contributed by atoms with Crippen LogP contribution in [-0.4, -0.2) is 58.5 Å². The molecule has 2 aromatic heterocycles. The smallest absolute Gasteiger partial charge is 0.151 e. The van der Waals surface area contributed by atoms with Gasteiger partial charge in [-0.15, -0.1) is 5.10 Å². The van der Waals surface area contributed by atoms with Gasteiger partial charge in [0.15, 0.2) is 5.82 Å². The summed E-state index contributed by atoms with van der Waals surface area (Å²) in [5.41, 5.74) is 1.96. The summed E-state index contributed by atoms with van der Waals surface area (Å²) in [6.07, 6.45) is 4.08. The Morgan fingerprint density at radius 2 is 2.08 bits per heavy atom. The first kappa shape index (κ1) is 16.4. The van der Waals surface area contributed by atoms with Gasteiger partial charge in [-0.25, -0.2) is 0 Å². The lowest BCUT2D eigenvalue weighted by molar-refractivity contribution is -0.116. The Morgan fingerprint density at radius 1 is 1.12 bits per heavy atom. The van der Waals surface area contributed by atoms with Crippen molar-refractivity contribution in [3.8, 4) is 0 Å². The van der Waals surface area contributed by atoms with Gasteiger partial charge in [-0.3, -0.25) is 9.88 Å². The summed E-state index contributed by atoms with van der Waals surface area (Å²) in [5, 5.41) is 8.57. The highest BCUT2D eigenvalue weighted by molar-refractivity contribution is 5.38. The first-order valence-corrected chi connectivity index (χ1v) is 9.04. The molecule has 4 heterocycles. The fourth-order valence-electron chi connectivity index (χ4n) is 3.88. The molecule has 25 heavy (non-hydrogen) atoms. The molecule has 2 fully saturated rings. The van der Waals surface area contributed by atoms with Crippen LogP contribution in [0.2, 0.25) is 0 Å². The molecule has 0 N–H and O–H groups in total. The Labute approximate surface area is 148 Å². The highest BCUT2D eigenvalue weighted by Gasteiger charge is 2.41. The molecule has 0 unspecified atom stereocenters. The van der Waals surface area contributed by atoms with E-state index in [9.17, 15) is 0 Å². The van der Waals surface area contributed by atoms with Crippen LogP contribution in [0.1, 0.15) is 24.2 Å². The fourth-order valence-corrected chi connectivity index (χ4v) is 3.88. The molecule has 0 amide bonds. The topological polar surface area (TPSA) is 54.4 Å². The van der Waals surface area contributed by atoms with Crippen LogP contribution in [-0.2, 0) is 11.3 Å². The summed E-state index contributed by atoms with van der Waals surface area (Å²) >= 11 is 0. The van der Waals surface area contributed by atoms with Gasteiger partial charge in [-0.05, 0) is 44.0 Å². The minimum atomic E-state index is -0.113. The average molecular weight is 339 g/mol.